The molecule has 0 bridgehead atoms. The molecule has 1 atom stereocenters. The summed E-state index contributed by atoms with van der Waals surface area (Å²) in [5.74, 6) is 0. The molecule has 5 nitrogen and oxygen atoms in total. The van der Waals surface area contributed by atoms with Crippen LogP contribution in [0.15, 0.2) is 5.29 Å². The molecule has 0 aliphatic carbocycles. The van der Waals surface area contributed by atoms with Gasteiger partial charge in [0.25, 0.3) is 0 Å². The van der Waals surface area contributed by atoms with E-state index in [2.05, 4.69) is 10.0 Å². The predicted molar refractivity (Wildman–Crippen MR) is 29.3 cm³/mol. The number of β-amino-alcohol motifs (C(OH)–C–C–N with tert-alkyl or cyclic N) is 1. The average Bonchev–Trinajstić information content (AvgIpc) is 1.86. The molecule has 9 heavy (non-hydrogen) atoms. The van der Waals surface area contributed by atoms with Gasteiger partial charge in [-0.2, -0.15) is 0 Å². The molecule has 1 N–H and O–H groups in total. The highest BCUT2D eigenvalue weighted by Crippen LogP contribution is 2.00. The highest BCUT2D eigenvalue weighted by Gasteiger charge is 2.16. The lowest BCUT2D eigenvalue weighted by Crippen LogP contribution is -2.38. The average molecular weight is 133 g/mol. The van der Waals surface area contributed by atoms with Crippen molar-refractivity contribution < 1.29 is 11.2 Å². The van der Waals surface area contributed by atoms with Crippen LogP contribution in [-0.4, -0.2) is 36.1 Å². The molecule has 0 aromatic carbocycles. The van der Waals surface area contributed by atoms with E-state index in [1.165, 1.54) is 0 Å². The minimum Gasteiger partial charge on any atom is -0.366 e. The highest BCUT2D eigenvalue weighted by molar-refractivity contribution is 4.58. The summed E-state index contributed by atoms with van der Waals surface area (Å²) in [6.07, 6.45) is -1.97. The highest BCUT2D eigenvalue weighted by atomic mass is 16.6. The minimum atomic E-state index is -1.97. The van der Waals surface area contributed by atoms with Crippen molar-refractivity contribution in [1.82, 2.24) is 5.01 Å². The summed E-state index contributed by atoms with van der Waals surface area (Å²) in [4.78, 5) is 9.87. The Kier molecular flexibility index (Phi) is 1.57. The SMILES string of the molecule is [2H]C1(O)CN(N=O)CCO1. The maximum atomic E-state index is 9.87. The van der Waals surface area contributed by atoms with Crippen molar-refractivity contribution in [3.8, 4) is 0 Å². The van der Waals surface area contributed by atoms with Crippen LogP contribution in [0, 0.1) is 4.91 Å². The van der Waals surface area contributed by atoms with Crippen molar-refractivity contribution in [3.05, 3.63) is 4.91 Å². The number of aliphatic hydroxyl groups is 1. The predicted octanol–water partition coefficient (Wildman–Crippen LogP) is -0.682. The summed E-state index contributed by atoms with van der Waals surface area (Å²) < 4.78 is 11.5. The van der Waals surface area contributed by atoms with E-state index >= 15 is 0 Å². The van der Waals surface area contributed by atoms with Crippen LogP contribution in [0.3, 0.4) is 0 Å². The smallest absolute Gasteiger partial charge is 0.174 e. The fraction of sp³-hybridized carbons (Fsp3) is 1.00. The third-order valence-corrected chi connectivity index (χ3v) is 1.05. The number of nitroso groups, excluding NO2 is 1. The monoisotopic (exact) mass is 133 g/mol. The molecule has 1 aliphatic heterocycles. The number of hydrogen-bond acceptors (Lipinski definition) is 4. The zero-order chi connectivity index (χ0) is 7.61. The Morgan fingerprint density at radius 2 is 2.78 bits per heavy atom. The van der Waals surface area contributed by atoms with Crippen molar-refractivity contribution in [2.75, 3.05) is 19.7 Å². The number of hydrogen-bond donors (Lipinski definition) is 1. The van der Waals surface area contributed by atoms with Crippen molar-refractivity contribution >= 4 is 0 Å². The van der Waals surface area contributed by atoms with Gasteiger partial charge in [-0.25, -0.2) is 0 Å². The molecular formula is C4H8N2O3. The third kappa shape index (κ3) is 1.62. The van der Waals surface area contributed by atoms with E-state index in [-0.39, 0.29) is 13.2 Å². The lowest BCUT2D eigenvalue weighted by Gasteiger charge is -2.24. The van der Waals surface area contributed by atoms with E-state index in [1.54, 1.807) is 0 Å². The van der Waals surface area contributed by atoms with Gasteiger partial charge >= 0.3 is 0 Å². The Morgan fingerprint density at radius 3 is 3.22 bits per heavy atom. The second-order valence-corrected chi connectivity index (χ2v) is 1.71. The number of nitrogens with zero attached hydrogens (tertiary/aromatic N) is 2. The van der Waals surface area contributed by atoms with Crippen LogP contribution in [0.1, 0.15) is 1.37 Å². The fourth-order valence-corrected chi connectivity index (χ4v) is 0.619. The van der Waals surface area contributed by atoms with Crippen molar-refractivity contribution in [2.45, 2.75) is 6.27 Å². The number of rotatable bonds is 1. The van der Waals surface area contributed by atoms with Crippen molar-refractivity contribution in [3.63, 3.8) is 0 Å². The van der Waals surface area contributed by atoms with Gasteiger partial charge in [-0.1, -0.05) is 0 Å². The van der Waals surface area contributed by atoms with Crippen LogP contribution >= 0.6 is 0 Å². The van der Waals surface area contributed by atoms with Gasteiger partial charge in [0.15, 0.2) is 6.27 Å². The normalized spacial score (nSPS) is 37.9. The molecular weight excluding hydrogens is 124 g/mol. The van der Waals surface area contributed by atoms with Crippen LogP contribution in [-0.2, 0) is 4.74 Å². The molecule has 1 aliphatic rings. The van der Waals surface area contributed by atoms with E-state index in [1.807, 2.05) is 0 Å². The van der Waals surface area contributed by atoms with Crippen LogP contribution in [0.25, 0.3) is 0 Å². The maximum Gasteiger partial charge on any atom is 0.174 e. The van der Waals surface area contributed by atoms with Crippen LogP contribution in [0.5, 0.6) is 0 Å². The first-order chi connectivity index (χ1) is 4.64. The van der Waals surface area contributed by atoms with Crippen LogP contribution < -0.4 is 0 Å². The van der Waals surface area contributed by atoms with E-state index in [9.17, 15) is 4.91 Å². The molecule has 0 aromatic heterocycles. The summed E-state index contributed by atoms with van der Waals surface area (Å²) in [5, 5.41) is 12.5. The summed E-state index contributed by atoms with van der Waals surface area (Å²) >= 11 is 0. The van der Waals surface area contributed by atoms with E-state index < -0.39 is 6.27 Å². The molecule has 0 radical (unpaired) electrons. The number of morpholine rings is 1. The van der Waals surface area contributed by atoms with E-state index in [4.69, 9.17) is 6.48 Å². The molecule has 0 aromatic rings. The molecule has 0 spiro atoms. The zero-order valence-corrected chi connectivity index (χ0v) is 4.78. The van der Waals surface area contributed by atoms with Gasteiger partial charge in [0.05, 0.1) is 26.4 Å². The summed E-state index contributed by atoms with van der Waals surface area (Å²) in [6, 6.07) is 0. The first-order valence-corrected chi connectivity index (χ1v) is 2.58. The second kappa shape index (κ2) is 2.75. The minimum absolute atomic E-state index is 0.158. The van der Waals surface area contributed by atoms with E-state index in [0.717, 1.165) is 5.01 Å². The molecule has 0 saturated carbocycles. The van der Waals surface area contributed by atoms with E-state index in [0.29, 0.717) is 6.54 Å². The summed E-state index contributed by atoms with van der Waals surface area (Å²) in [5.41, 5.74) is 0. The second-order valence-electron chi connectivity index (χ2n) is 1.71. The van der Waals surface area contributed by atoms with Gasteiger partial charge in [0.2, 0.25) is 0 Å². The molecule has 1 rings (SSSR count). The van der Waals surface area contributed by atoms with Gasteiger partial charge in [0.1, 0.15) is 0 Å². The molecule has 1 saturated heterocycles. The van der Waals surface area contributed by atoms with Crippen LogP contribution in [0.2, 0.25) is 0 Å². The Morgan fingerprint density at radius 1 is 2.00 bits per heavy atom. The molecule has 1 unspecified atom stereocenters. The van der Waals surface area contributed by atoms with Crippen LogP contribution in [0.4, 0.5) is 0 Å². The van der Waals surface area contributed by atoms with Gasteiger partial charge in [-0.05, 0) is 0 Å². The molecule has 1 heterocycles. The molecule has 5 heteroatoms. The first-order valence-electron chi connectivity index (χ1n) is 3.08. The third-order valence-electron chi connectivity index (χ3n) is 1.05. The fourth-order valence-electron chi connectivity index (χ4n) is 0.619. The Labute approximate surface area is 53.6 Å². The summed E-state index contributed by atoms with van der Waals surface area (Å²) in [7, 11) is 0. The van der Waals surface area contributed by atoms with Gasteiger partial charge in [0, 0.05) is 0 Å². The molecule has 1 fully saturated rings. The zero-order valence-electron chi connectivity index (χ0n) is 5.78. The Hall–Kier alpha value is -0.680. The topological polar surface area (TPSA) is 62.1 Å². The Balaban J connectivity index is 2.47. The Bertz CT molecular complexity index is 140. The number of ether oxygens (including phenoxy) is 1. The summed E-state index contributed by atoms with van der Waals surface area (Å²) in [6.45, 7) is 0.312. The van der Waals surface area contributed by atoms with Crippen molar-refractivity contribution in [2.24, 2.45) is 5.29 Å². The standard InChI is InChI=1S/C4H8N2O3/c7-4-3-6(5-8)1-2-9-4/h4,7H,1-3H2/i4D. The maximum absolute atomic E-state index is 9.87. The van der Waals surface area contributed by atoms with Gasteiger partial charge in [-0.15, -0.1) is 4.91 Å². The molecule has 52 valence electrons. The van der Waals surface area contributed by atoms with Gasteiger partial charge in [-0.3, -0.25) is 5.01 Å². The molecule has 0 amide bonds. The lowest BCUT2D eigenvalue weighted by molar-refractivity contribution is -0.146. The lowest BCUT2D eigenvalue weighted by atomic mass is 10.5. The quantitative estimate of drug-likeness (QED) is 0.481. The first kappa shape index (κ1) is 5.13. The van der Waals surface area contributed by atoms with Crippen molar-refractivity contribution in [1.29, 1.82) is 0 Å². The largest absolute Gasteiger partial charge is 0.366 e. The van der Waals surface area contributed by atoms with Gasteiger partial charge < -0.3 is 9.84 Å².